The van der Waals surface area contributed by atoms with E-state index in [4.69, 9.17) is 4.74 Å². The number of carbonyl (C=O) groups excluding carboxylic acids is 1. The van der Waals surface area contributed by atoms with Gasteiger partial charge in [-0.05, 0) is 20.8 Å². The molecule has 20 heavy (non-hydrogen) atoms. The highest BCUT2D eigenvalue weighted by Gasteiger charge is 2.19. The van der Waals surface area contributed by atoms with Crippen molar-refractivity contribution in [2.24, 2.45) is 7.05 Å². The van der Waals surface area contributed by atoms with Crippen LogP contribution in [0.1, 0.15) is 41.1 Å². The van der Waals surface area contributed by atoms with Crippen LogP contribution in [0, 0.1) is 6.92 Å². The summed E-state index contributed by atoms with van der Waals surface area (Å²) in [5.74, 6) is 0.413. The zero-order valence-electron chi connectivity index (χ0n) is 11.9. The second-order valence-corrected chi connectivity index (χ2v) is 5.51. The van der Waals surface area contributed by atoms with Crippen LogP contribution in [0.5, 0.6) is 0 Å². The highest BCUT2D eigenvalue weighted by atomic mass is 32.1. The van der Waals surface area contributed by atoms with Crippen molar-refractivity contribution in [2.45, 2.75) is 26.8 Å². The van der Waals surface area contributed by atoms with E-state index in [1.807, 2.05) is 25.5 Å². The number of aryl methyl sites for hydroxylation is 2. The molecule has 108 valence electrons. The van der Waals surface area contributed by atoms with E-state index >= 15 is 0 Å². The largest absolute Gasteiger partial charge is 0.461 e. The lowest BCUT2D eigenvalue weighted by Gasteiger charge is -2.11. The maximum atomic E-state index is 11.7. The number of thiazole rings is 1. The molecule has 0 saturated heterocycles. The van der Waals surface area contributed by atoms with Gasteiger partial charge in [-0.25, -0.2) is 9.78 Å². The predicted molar refractivity (Wildman–Crippen MR) is 75.8 cm³/mol. The smallest absolute Gasteiger partial charge is 0.358 e. The molecule has 1 unspecified atom stereocenters. The Morgan fingerprint density at radius 2 is 2.35 bits per heavy atom. The monoisotopic (exact) mass is 295 g/mol. The van der Waals surface area contributed by atoms with Crippen LogP contribution in [-0.2, 0) is 11.8 Å². The molecule has 0 aliphatic carbocycles. The van der Waals surface area contributed by atoms with E-state index in [0.717, 1.165) is 10.7 Å². The third-order valence-electron chi connectivity index (χ3n) is 2.74. The third kappa shape index (κ3) is 2.96. The first kappa shape index (κ1) is 14.4. The number of rotatable bonds is 5. The Morgan fingerprint density at radius 1 is 1.60 bits per heavy atom. The van der Waals surface area contributed by atoms with Crippen LogP contribution in [0.3, 0.4) is 0 Å². The first-order chi connectivity index (χ1) is 9.52. The van der Waals surface area contributed by atoms with E-state index in [2.05, 4.69) is 20.5 Å². The van der Waals surface area contributed by atoms with Gasteiger partial charge in [0.05, 0.1) is 12.6 Å². The molecule has 7 nitrogen and oxygen atoms in total. The molecule has 0 spiro atoms. The molecule has 0 bridgehead atoms. The van der Waals surface area contributed by atoms with Crippen LogP contribution in [-0.4, -0.2) is 32.3 Å². The van der Waals surface area contributed by atoms with Gasteiger partial charge in [-0.15, -0.1) is 21.5 Å². The maximum absolute atomic E-state index is 11.7. The minimum Gasteiger partial charge on any atom is -0.461 e. The zero-order valence-corrected chi connectivity index (χ0v) is 12.7. The topological polar surface area (TPSA) is 81.9 Å². The minimum atomic E-state index is -0.388. The lowest BCUT2D eigenvalue weighted by Crippen LogP contribution is -2.12. The van der Waals surface area contributed by atoms with Crippen molar-refractivity contribution in [3.63, 3.8) is 0 Å². The average molecular weight is 295 g/mol. The molecule has 0 amide bonds. The minimum absolute atomic E-state index is 0.0527. The van der Waals surface area contributed by atoms with Gasteiger partial charge < -0.3 is 14.6 Å². The van der Waals surface area contributed by atoms with Crippen LogP contribution in [0.4, 0.5) is 5.13 Å². The molecule has 1 N–H and O–H groups in total. The summed E-state index contributed by atoms with van der Waals surface area (Å²) in [6.07, 6.45) is 1.64. The van der Waals surface area contributed by atoms with Crippen molar-refractivity contribution in [1.82, 2.24) is 19.7 Å². The van der Waals surface area contributed by atoms with Crippen molar-refractivity contribution < 1.29 is 9.53 Å². The number of aromatic nitrogens is 4. The molecule has 2 aromatic heterocycles. The first-order valence-electron chi connectivity index (χ1n) is 6.28. The van der Waals surface area contributed by atoms with Gasteiger partial charge in [0.15, 0.2) is 16.6 Å². The highest BCUT2D eigenvalue weighted by Crippen LogP contribution is 2.25. The quantitative estimate of drug-likeness (QED) is 0.849. The molecular weight excluding hydrogens is 278 g/mol. The van der Waals surface area contributed by atoms with E-state index in [0.29, 0.717) is 17.4 Å². The van der Waals surface area contributed by atoms with Crippen molar-refractivity contribution in [3.05, 3.63) is 22.7 Å². The summed E-state index contributed by atoms with van der Waals surface area (Å²) in [6, 6.07) is -0.0527. The Kier molecular flexibility index (Phi) is 4.33. The fourth-order valence-electron chi connectivity index (χ4n) is 1.78. The van der Waals surface area contributed by atoms with Crippen LogP contribution < -0.4 is 5.32 Å². The molecule has 0 fully saturated rings. The van der Waals surface area contributed by atoms with Gasteiger partial charge in [0.25, 0.3) is 0 Å². The van der Waals surface area contributed by atoms with Gasteiger partial charge >= 0.3 is 5.97 Å². The van der Waals surface area contributed by atoms with Crippen LogP contribution >= 0.6 is 11.3 Å². The Bertz CT molecular complexity index is 607. The maximum Gasteiger partial charge on any atom is 0.358 e. The number of hydrogen-bond donors (Lipinski definition) is 1. The average Bonchev–Trinajstić information content (AvgIpc) is 2.96. The number of ether oxygens (including phenoxy) is 1. The van der Waals surface area contributed by atoms with Gasteiger partial charge in [0, 0.05) is 11.9 Å². The number of hydrogen-bond acceptors (Lipinski definition) is 7. The molecule has 0 saturated carbocycles. The van der Waals surface area contributed by atoms with Crippen molar-refractivity contribution in [1.29, 1.82) is 0 Å². The third-order valence-corrected chi connectivity index (χ3v) is 3.64. The van der Waals surface area contributed by atoms with Gasteiger partial charge in [0.2, 0.25) is 0 Å². The standard InChI is InChI=1S/C12H17N5O2S/c1-5-19-11(18)9-8(3)20-12(15-9)14-7(2)10-16-13-6-17(10)4/h6-7H,5H2,1-4H3,(H,14,15). The summed E-state index contributed by atoms with van der Waals surface area (Å²) in [7, 11) is 1.88. The van der Waals surface area contributed by atoms with Gasteiger partial charge in [-0.1, -0.05) is 0 Å². The first-order valence-corrected chi connectivity index (χ1v) is 7.09. The number of anilines is 1. The molecule has 2 heterocycles. The van der Waals surface area contributed by atoms with Gasteiger partial charge in [-0.2, -0.15) is 0 Å². The normalized spacial score (nSPS) is 12.2. The Labute approximate surface area is 121 Å². The molecule has 0 aliphatic rings. The lowest BCUT2D eigenvalue weighted by molar-refractivity contribution is 0.0519. The molecule has 1 atom stereocenters. The van der Waals surface area contributed by atoms with Crippen molar-refractivity contribution in [2.75, 3.05) is 11.9 Å². The van der Waals surface area contributed by atoms with Gasteiger partial charge in [0.1, 0.15) is 6.33 Å². The Hall–Kier alpha value is -1.96. The summed E-state index contributed by atoms with van der Waals surface area (Å²) >= 11 is 1.42. The molecule has 2 rings (SSSR count). The van der Waals surface area contributed by atoms with E-state index in [1.165, 1.54) is 11.3 Å². The molecule has 8 heteroatoms. The highest BCUT2D eigenvalue weighted by molar-refractivity contribution is 7.15. The van der Waals surface area contributed by atoms with Crippen LogP contribution in [0.15, 0.2) is 6.33 Å². The lowest BCUT2D eigenvalue weighted by atomic mass is 10.3. The summed E-state index contributed by atoms with van der Waals surface area (Å²) in [5.41, 5.74) is 0.365. The number of carbonyl (C=O) groups is 1. The number of nitrogens with zero attached hydrogens (tertiary/aromatic N) is 4. The van der Waals surface area contributed by atoms with E-state index < -0.39 is 0 Å². The molecular formula is C12H17N5O2S. The summed E-state index contributed by atoms with van der Waals surface area (Å²) in [5, 5.41) is 11.8. The fourth-order valence-corrected chi connectivity index (χ4v) is 2.67. The summed E-state index contributed by atoms with van der Waals surface area (Å²) in [4.78, 5) is 16.8. The SMILES string of the molecule is CCOC(=O)c1nc(NC(C)c2nncn2C)sc1C. The second kappa shape index (κ2) is 6.00. The molecule has 0 aromatic carbocycles. The Morgan fingerprint density at radius 3 is 2.95 bits per heavy atom. The van der Waals surface area contributed by atoms with Crippen molar-refractivity contribution >= 4 is 22.4 Å². The number of esters is 1. The molecule has 0 aliphatic heterocycles. The van der Waals surface area contributed by atoms with Gasteiger partial charge in [-0.3, -0.25) is 0 Å². The second-order valence-electron chi connectivity index (χ2n) is 4.31. The van der Waals surface area contributed by atoms with E-state index in [-0.39, 0.29) is 12.0 Å². The van der Waals surface area contributed by atoms with Crippen molar-refractivity contribution in [3.8, 4) is 0 Å². The van der Waals surface area contributed by atoms with E-state index in [1.54, 1.807) is 13.3 Å². The van der Waals surface area contributed by atoms with E-state index in [9.17, 15) is 4.79 Å². The zero-order chi connectivity index (χ0) is 14.7. The van der Waals surface area contributed by atoms with Crippen LogP contribution in [0.25, 0.3) is 0 Å². The number of nitrogens with one attached hydrogen (secondary N) is 1. The fraction of sp³-hybridized carbons (Fsp3) is 0.500. The molecule has 0 radical (unpaired) electrons. The Balaban J connectivity index is 2.13. The van der Waals surface area contributed by atoms with Crippen LogP contribution in [0.2, 0.25) is 0 Å². The summed E-state index contributed by atoms with van der Waals surface area (Å²) < 4.78 is 6.81. The summed E-state index contributed by atoms with van der Waals surface area (Å²) in [6.45, 7) is 5.93. The predicted octanol–water partition coefficient (Wildman–Crippen LogP) is 1.93. The molecule has 2 aromatic rings.